The zero-order chi connectivity index (χ0) is 13.0. The van der Waals surface area contributed by atoms with Gasteiger partial charge in [-0.05, 0) is 40.5 Å². The standard InChI is InChI=1S/C14H13BrN2O/c1-10-4-2-5-11(8-10)9-16-14(18)12-6-3-7-13(15)17-12/h2-8H,9H2,1H3,(H,16,18). The number of hydrogen-bond acceptors (Lipinski definition) is 2. The van der Waals surface area contributed by atoms with Crippen molar-refractivity contribution in [3.05, 3.63) is 63.9 Å². The van der Waals surface area contributed by atoms with Crippen LogP contribution in [0, 0.1) is 6.92 Å². The molecular weight excluding hydrogens is 292 g/mol. The van der Waals surface area contributed by atoms with E-state index in [0.29, 0.717) is 16.8 Å². The van der Waals surface area contributed by atoms with Crippen molar-refractivity contribution < 1.29 is 4.79 Å². The smallest absolute Gasteiger partial charge is 0.270 e. The number of halogens is 1. The first-order chi connectivity index (χ1) is 8.65. The van der Waals surface area contributed by atoms with E-state index in [0.717, 1.165) is 5.56 Å². The number of rotatable bonds is 3. The molecule has 0 bridgehead atoms. The molecule has 1 N–H and O–H groups in total. The predicted octanol–water partition coefficient (Wildman–Crippen LogP) is 3.08. The number of hydrogen-bond donors (Lipinski definition) is 1. The van der Waals surface area contributed by atoms with Crippen LogP contribution in [-0.4, -0.2) is 10.9 Å². The van der Waals surface area contributed by atoms with Crippen LogP contribution in [-0.2, 0) is 6.54 Å². The summed E-state index contributed by atoms with van der Waals surface area (Å²) >= 11 is 3.24. The second kappa shape index (κ2) is 5.78. The molecule has 1 amide bonds. The van der Waals surface area contributed by atoms with Crippen molar-refractivity contribution in [3.63, 3.8) is 0 Å². The number of benzene rings is 1. The largest absolute Gasteiger partial charge is 0.347 e. The molecule has 0 saturated heterocycles. The number of aromatic nitrogens is 1. The zero-order valence-electron chi connectivity index (χ0n) is 9.98. The maximum atomic E-state index is 11.9. The summed E-state index contributed by atoms with van der Waals surface area (Å²) in [6.07, 6.45) is 0. The average molecular weight is 305 g/mol. The van der Waals surface area contributed by atoms with Gasteiger partial charge < -0.3 is 5.32 Å². The summed E-state index contributed by atoms with van der Waals surface area (Å²) in [5, 5.41) is 2.85. The molecule has 0 aliphatic rings. The van der Waals surface area contributed by atoms with Crippen LogP contribution in [0.5, 0.6) is 0 Å². The quantitative estimate of drug-likeness (QED) is 0.886. The van der Waals surface area contributed by atoms with Crippen molar-refractivity contribution in [3.8, 4) is 0 Å². The lowest BCUT2D eigenvalue weighted by molar-refractivity contribution is 0.0945. The molecule has 2 rings (SSSR count). The molecule has 1 aromatic heterocycles. The van der Waals surface area contributed by atoms with Gasteiger partial charge in [0.05, 0.1) is 0 Å². The number of amides is 1. The van der Waals surface area contributed by atoms with Crippen molar-refractivity contribution in [2.75, 3.05) is 0 Å². The van der Waals surface area contributed by atoms with Gasteiger partial charge in [-0.3, -0.25) is 4.79 Å². The summed E-state index contributed by atoms with van der Waals surface area (Å²) < 4.78 is 0.658. The Morgan fingerprint density at radius 2 is 2.06 bits per heavy atom. The fourth-order valence-corrected chi connectivity index (χ4v) is 1.97. The molecule has 2 aromatic rings. The highest BCUT2D eigenvalue weighted by Gasteiger charge is 2.06. The Kier molecular flexibility index (Phi) is 4.10. The van der Waals surface area contributed by atoms with Crippen molar-refractivity contribution >= 4 is 21.8 Å². The number of nitrogens with zero attached hydrogens (tertiary/aromatic N) is 1. The van der Waals surface area contributed by atoms with Crippen molar-refractivity contribution in [1.29, 1.82) is 0 Å². The van der Waals surface area contributed by atoms with Crippen molar-refractivity contribution in [2.24, 2.45) is 0 Å². The number of carbonyl (C=O) groups excluding carboxylic acids is 1. The summed E-state index contributed by atoms with van der Waals surface area (Å²) in [6, 6.07) is 13.3. The summed E-state index contributed by atoms with van der Waals surface area (Å²) in [4.78, 5) is 16.0. The van der Waals surface area contributed by atoms with E-state index < -0.39 is 0 Å². The predicted molar refractivity (Wildman–Crippen MR) is 74.3 cm³/mol. The van der Waals surface area contributed by atoms with Gasteiger partial charge >= 0.3 is 0 Å². The minimum Gasteiger partial charge on any atom is -0.347 e. The van der Waals surface area contributed by atoms with Gasteiger partial charge in [0, 0.05) is 6.54 Å². The molecule has 0 atom stereocenters. The van der Waals surface area contributed by atoms with E-state index in [1.165, 1.54) is 5.56 Å². The fraction of sp³-hybridized carbons (Fsp3) is 0.143. The van der Waals surface area contributed by atoms with Crippen molar-refractivity contribution in [1.82, 2.24) is 10.3 Å². The van der Waals surface area contributed by atoms with Crippen LogP contribution >= 0.6 is 15.9 Å². The van der Waals surface area contributed by atoms with Gasteiger partial charge in [0.2, 0.25) is 0 Å². The Labute approximate surface area is 114 Å². The van der Waals surface area contributed by atoms with Crippen LogP contribution in [0.25, 0.3) is 0 Å². The fourth-order valence-electron chi connectivity index (χ4n) is 1.63. The van der Waals surface area contributed by atoms with Crippen LogP contribution < -0.4 is 5.32 Å². The van der Waals surface area contributed by atoms with Gasteiger partial charge in [-0.25, -0.2) is 4.98 Å². The average Bonchev–Trinajstić information content (AvgIpc) is 2.36. The third kappa shape index (κ3) is 3.40. The minimum absolute atomic E-state index is 0.169. The molecule has 0 aliphatic carbocycles. The van der Waals surface area contributed by atoms with Gasteiger partial charge in [0.25, 0.3) is 5.91 Å². The Hall–Kier alpha value is -1.68. The van der Waals surface area contributed by atoms with Gasteiger partial charge in [-0.15, -0.1) is 0 Å². The number of aryl methyl sites for hydroxylation is 1. The molecule has 0 radical (unpaired) electrons. The topological polar surface area (TPSA) is 42.0 Å². The first-order valence-corrected chi connectivity index (χ1v) is 6.41. The summed E-state index contributed by atoms with van der Waals surface area (Å²) in [5.41, 5.74) is 2.68. The van der Waals surface area contributed by atoms with Crippen LogP contribution in [0.4, 0.5) is 0 Å². The summed E-state index contributed by atoms with van der Waals surface area (Å²) in [5.74, 6) is -0.169. The van der Waals surface area contributed by atoms with Crippen LogP contribution in [0.2, 0.25) is 0 Å². The zero-order valence-corrected chi connectivity index (χ0v) is 11.6. The van der Waals surface area contributed by atoms with Crippen LogP contribution in [0.1, 0.15) is 21.6 Å². The normalized spacial score (nSPS) is 10.1. The van der Waals surface area contributed by atoms with E-state index in [-0.39, 0.29) is 5.91 Å². The first kappa shape index (κ1) is 12.8. The number of carbonyl (C=O) groups is 1. The molecule has 92 valence electrons. The summed E-state index contributed by atoms with van der Waals surface area (Å²) in [7, 11) is 0. The molecule has 3 nitrogen and oxygen atoms in total. The number of pyridine rings is 1. The van der Waals surface area contributed by atoms with Gasteiger partial charge in [0.15, 0.2) is 0 Å². The highest BCUT2D eigenvalue weighted by molar-refractivity contribution is 9.10. The van der Waals surface area contributed by atoms with Gasteiger partial charge in [-0.1, -0.05) is 35.9 Å². The van der Waals surface area contributed by atoms with E-state index in [1.807, 2.05) is 25.1 Å². The third-order valence-electron chi connectivity index (χ3n) is 2.48. The molecule has 0 aliphatic heterocycles. The van der Waals surface area contributed by atoms with E-state index in [2.05, 4.69) is 32.3 Å². The highest BCUT2D eigenvalue weighted by Crippen LogP contribution is 2.07. The first-order valence-electron chi connectivity index (χ1n) is 5.61. The Morgan fingerprint density at radius 1 is 1.28 bits per heavy atom. The lowest BCUT2D eigenvalue weighted by atomic mass is 10.1. The Balaban J connectivity index is 2.00. The lowest BCUT2D eigenvalue weighted by Gasteiger charge is -2.05. The monoisotopic (exact) mass is 304 g/mol. The third-order valence-corrected chi connectivity index (χ3v) is 2.92. The Morgan fingerprint density at radius 3 is 2.78 bits per heavy atom. The number of nitrogens with one attached hydrogen (secondary N) is 1. The van der Waals surface area contributed by atoms with E-state index >= 15 is 0 Å². The molecule has 4 heteroatoms. The Bertz CT molecular complexity index is 569. The van der Waals surface area contributed by atoms with Crippen LogP contribution in [0.15, 0.2) is 47.1 Å². The second-order valence-corrected chi connectivity index (χ2v) is 4.83. The minimum atomic E-state index is -0.169. The second-order valence-electron chi connectivity index (χ2n) is 4.02. The van der Waals surface area contributed by atoms with Crippen molar-refractivity contribution in [2.45, 2.75) is 13.5 Å². The van der Waals surface area contributed by atoms with Gasteiger partial charge in [-0.2, -0.15) is 0 Å². The molecule has 0 spiro atoms. The van der Waals surface area contributed by atoms with E-state index in [9.17, 15) is 4.79 Å². The molecule has 1 heterocycles. The molecule has 1 aromatic carbocycles. The maximum absolute atomic E-state index is 11.9. The molecule has 0 fully saturated rings. The van der Waals surface area contributed by atoms with Gasteiger partial charge in [0.1, 0.15) is 10.3 Å². The summed E-state index contributed by atoms with van der Waals surface area (Å²) in [6.45, 7) is 2.54. The molecule has 0 unspecified atom stereocenters. The SMILES string of the molecule is Cc1cccc(CNC(=O)c2cccc(Br)n2)c1. The maximum Gasteiger partial charge on any atom is 0.270 e. The van der Waals surface area contributed by atoms with E-state index in [1.54, 1.807) is 18.2 Å². The molecule has 18 heavy (non-hydrogen) atoms. The molecular formula is C14H13BrN2O. The van der Waals surface area contributed by atoms with Crippen LogP contribution in [0.3, 0.4) is 0 Å². The highest BCUT2D eigenvalue weighted by atomic mass is 79.9. The van der Waals surface area contributed by atoms with E-state index in [4.69, 9.17) is 0 Å². The lowest BCUT2D eigenvalue weighted by Crippen LogP contribution is -2.23. The molecule has 0 saturated carbocycles.